The fourth-order valence-electron chi connectivity index (χ4n) is 1.99. The molecule has 1 amide bonds. The van der Waals surface area contributed by atoms with Crippen LogP contribution in [-0.2, 0) is 6.54 Å². The Labute approximate surface area is 115 Å². The summed E-state index contributed by atoms with van der Waals surface area (Å²) in [5.41, 5.74) is 8.11. The molecule has 3 aromatic rings. The fraction of sp³-hybridized carbons (Fsp3) is 0.0667. The van der Waals surface area contributed by atoms with E-state index in [0.717, 1.165) is 16.5 Å². The summed E-state index contributed by atoms with van der Waals surface area (Å²) in [4.78, 5) is 16.2. The summed E-state index contributed by atoms with van der Waals surface area (Å²) in [6.07, 6.45) is 3.10. The number of amides is 1. The van der Waals surface area contributed by atoms with Crippen LogP contribution < -0.4 is 11.1 Å². The topological polar surface area (TPSA) is 81.1 Å². The molecule has 0 spiro atoms. The summed E-state index contributed by atoms with van der Waals surface area (Å²) in [5, 5.41) is 3.65. The maximum absolute atomic E-state index is 12.2. The average Bonchev–Trinajstić information content (AvgIpc) is 2.90. The number of nitrogens with one attached hydrogen (secondary N) is 1. The average molecular weight is 267 g/mol. The van der Waals surface area contributed by atoms with Gasteiger partial charge in [0.2, 0.25) is 0 Å². The number of rotatable bonds is 3. The van der Waals surface area contributed by atoms with Gasteiger partial charge in [0.05, 0.1) is 5.69 Å². The first kappa shape index (κ1) is 12.4. The molecule has 1 aromatic carbocycles. The Morgan fingerprint density at radius 3 is 3.00 bits per heavy atom. The lowest BCUT2D eigenvalue weighted by Gasteiger charge is -2.04. The molecule has 2 heterocycles. The molecule has 5 heteroatoms. The van der Waals surface area contributed by atoms with Crippen molar-refractivity contribution in [3.05, 3.63) is 60.1 Å². The summed E-state index contributed by atoms with van der Waals surface area (Å²) in [6, 6.07) is 11.0. The van der Waals surface area contributed by atoms with Gasteiger partial charge in [-0.3, -0.25) is 9.78 Å². The number of fused-ring (bicyclic) bond motifs is 1. The Morgan fingerprint density at radius 2 is 2.15 bits per heavy atom. The molecule has 0 aliphatic carbocycles. The Balaban J connectivity index is 1.88. The Bertz CT molecular complexity index is 764. The number of nitrogens with zero attached hydrogens (tertiary/aromatic N) is 1. The van der Waals surface area contributed by atoms with Crippen molar-refractivity contribution >= 4 is 22.6 Å². The molecule has 5 nitrogen and oxygen atoms in total. The molecule has 0 unspecified atom stereocenters. The molecule has 3 N–H and O–H groups in total. The molecule has 100 valence electrons. The number of furan rings is 1. The molecule has 0 radical (unpaired) electrons. The zero-order valence-electron chi connectivity index (χ0n) is 10.7. The third kappa shape index (κ3) is 2.26. The summed E-state index contributed by atoms with van der Waals surface area (Å²) in [6.45, 7) is 0.372. The molecule has 20 heavy (non-hydrogen) atoms. The van der Waals surface area contributed by atoms with Gasteiger partial charge in [-0.05, 0) is 29.8 Å². The number of nitrogens with two attached hydrogens (primary N) is 1. The molecule has 0 atom stereocenters. The van der Waals surface area contributed by atoms with E-state index in [9.17, 15) is 4.79 Å². The molecule has 0 aliphatic rings. The normalized spacial score (nSPS) is 10.7. The Kier molecular flexibility index (Phi) is 3.18. The minimum atomic E-state index is -0.285. The molecule has 3 rings (SSSR count). The van der Waals surface area contributed by atoms with Crippen molar-refractivity contribution in [2.24, 2.45) is 5.73 Å². The van der Waals surface area contributed by atoms with Crippen molar-refractivity contribution < 1.29 is 9.21 Å². The summed E-state index contributed by atoms with van der Waals surface area (Å²) in [5.74, 6) is -0.285. The van der Waals surface area contributed by atoms with E-state index in [1.807, 2.05) is 24.3 Å². The largest absolute Gasteiger partial charge is 0.462 e. The number of carbonyl (C=O) groups excluding carboxylic acids is 1. The quantitative estimate of drug-likeness (QED) is 0.764. The lowest BCUT2D eigenvalue weighted by molar-refractivity contribution is 0.102. The van der Waals surface area contributed by atoms with Gasteiger partial charge in [0.15, 0.2) is 0 Å². The highest BCUT2D eigenvalue weighted by Crippen LogP contribution is 2.25. The molecule has 0 saturated heterocycles. The van der Waals surface area contributed by atoms with Crippen LogP contribution in [0.1, 0.15) is 16.1 Å². The minimum absolute atomic E-state index is 0.285. The van der Waals surface area contributed by atoms with E-state index in [4.69, 9.17) is 10.2 Å². The highest BCUT2D eigenvalue weighted by atomic mass is 16.3. The second kappa shape index (κ2) is 5.14. The van der Waals surface area contributed by atoms with Crippen molar-refractivity contribution in [2.75, 3.05) is 5.32 Å². The Morgan fingerprint density at radius 1 is 1.30 bits per heavy atom. The maximum Gasteiger partial charge on any atom is 0.274 e. The number of hydrogen-bond donors (Lipinski definition) is 2. The van der Waals surface area contributed by atoms with Gasteiger partial charge in [-0.15, -0.1) is 0 Å². The van der Waals surface area contributed by atoms with Gasteiger partial charge in [0.25, 0.3) is 5.91 Å². The van der Waals surface area contributed by atoms with Crippen molar-refractivity contribution in [3.8, 4) is 0 Å². The van der Waals surface area contributed by atoms with Crippen molar-refractivity contribution in [3.63, 3.8) is 0 Å². The molecular formula is C15H13N3O2. The van der Waals surface area contributed by atoms with Crippen LogP contribution >= 0.6 is 0 Å². The number of hydrogen-bond acceptors (Lipinski definition) is 4. The third-order valence-electron chi connectivity index (χ3n) is 3.02. The highest BCUT2D eigenvalue weighted by molar-refractivity contribution is 6.07. The van der Waals surface area contributed by atoms with E-state index < -0.39 is 0 Å². The van der Waals surface area contributed by atoms with Gasteiger partial charge in [0, 0.05) is 18.1 Å². The molecule has 0 saturated carbocycles. The minimum Gasteiger partial charge on any atom is -0.462 e. The van der Waals surface area contributed by atoms with E-state index in [2.05, 4.69) is 10.3 Å². The highest BCUT2D eigenvalue weighted by Gasteiger charge is 2.12. The summed E-state index contributed by atoms with van der Waals surface area (Å²) < 4.78 is 5.38. The number of para-hydroxylation sites is 1. The van der Waals surface area contributed by atoms with E-state index in [-0.39, 0.29) is 5.91 Å². The number of aromatic nitrogens is 1. The molecular weight excluding hydrogens is 254 g/mol. The number of benzene rings is 1. The van der Waals surface area contributed by atoms with Gasteiger partial charge in [0.1, 0.15) is 17.5 Å². The summed E-state index contributed by atoms with van der Waals surface area (Å²) in [7, 11) is 0. The van der Waals surface area contributed by atoms with Crippen molar-refractivity contribution in [1.82, 2.24) is 4.98 Å². The van der Waals surface area contributed by atoms with E-state index in [1.54, 1.807) is 18.3 Å². The number of anilines is 1. The van der Waals surface area contributed by atoms with Crippen LogP contribution in [-0.4, -0.2) is 10.9 Å². The lowest BCUT2D eigenvalue weighted by Crippen LogP contribution is -2.14. The molecule has 0 bridgehead atoms. The first-order chi connectivity index (χ1) is 9.78. The van der Waals surface area contributed by atoms with E-state index in [1.165, 1.54) is 6.26 Å². The van der Waals surface area contributed by atoms with Gasteiger partial charge in [-0.1, -0.05) is 12.1 Å². The van der Waals surface area contributed by atoms with Gasteiger partial charge in [-0.25, -0.2) is 0 Å². The van der Waals surface area contributed by atoms with Gasteiger partial charge in [-0.2, -0.15) is 0 Å². The van der Waals surface area contributed by atoms with Gasteiger partial charge < -0.3 is 15.5 Å². The number of pyridine rings is 1. The van der Waals surface area contributed by atoms with Gasteiger partial charge >= 0.3 is 0 Å². The van der Waals surface area contributed by atoms with Crippen LogP contribution in [0.3, 0.4) is 0 Å². The predicted octanol–water partition coefficient (Wildman–Crippen LogP) is 2.54. The third-order valence-corrected chi connectivity index (χ3v) is 3.02. The Hall–Kier alpha value is -2.66. The monoisotopic (exact) mass is 267 g/mol. The van der Waals surface area contributed by atoms with Crippen LogP contribution in [0.2, 0.25) is 0 Å². The smallest absolute Gasteiger partial charge is 0.274 e. The van der Waals surface area contributed by atoms with E-state index in [0.29, 0.717) is 17.9 Å². The van der Waals surface area contributed by atoms with Crippen LogP contribution in [0.15, 0.2) is 53.3 Å². The first-order valence-corrected chi connectivity index (χ1v) is 6.20. The standard InChI is InChI=1S/C15H13N3O2/c16-8-10-5-6-17-12(7-10)15(19)18-13-9-20-14-4-2-1-3-11(13)14/h1-7,9H,8,16H2,(H,18,19). The molecule has 0 aliphatic heterocycles. The van der Waals surface area contributed by atoms with Crippen LogP contribution in [0.4, 0.5) is 5.69 Å². The molecule has 2 aromatic heterocycles. The second-order valence-electron chi connectivity index (χ2n) is 4.35. The lowest BCUT2D eigenvalue weighted by atomic mass is 10.2. The zero-order chi connectivity index (χ0) is 13.9. The molecule has 0 fully saturated rings. The first-order valence-electron chi connectivity index (χ1n) is 6.20. The maximum atomic E-state index is 12.2. The fourth-order valence-corrected chi connectivity index (χ4v) is 1.99. The summed E-state index contributed by atoms with van der Waals surface area (Å²) >= 11 is 0. The zero-order valence-corrected chi connectivity index (χ0v) is 10.7. The van der Waals surface area contributed by atoms with Crippen molar-refractivity contribution in [1.29, 1.82) is 0 Å². The van der Waals surface area contributed by atoms with E-state index >= 15 is 0 Å². The second-order valence-corrected chi connectivity index (χ2v) is 4.35. The SMILES string of the molecule is NCc1ccnc(C(=O)Nc2coc3ccccc23)c1. The van der Waals surface area contributed by atoms with Crippen LogP contribution in [0.25, 0.3) is 11.0 Å². The van der Waals surface area contributed by atoms with Crippen LogP contribution in [0.5, 0.6) is 0 Å². The van der Waals surface area contributed by atoms with Crippen molar-refractivity contribution in [2.45, 2.75) is 6.54 Å². The van der Waals surface area contributed by atoms with Crippen LogP contribution in [0, 0.1) is 0 Å². The predicted molar refractivity (Wildman–Crippen MR) is 76.3 cm³/mol. The number of carbonyl (C=O) groups is 1.